The molecule has 0 atom stereocenters. The molecular formula is C49H41F7N12O4. The Morgan fingerprint density at radius 3 is 1.65 bits per heavy atom. The van der Waals surface area contributed by atoms with Gasteiger partial charge in [-0.1, -0.05) is 56.0 Å². The van der Waals surface area contributed by atoms with Crippen molar-refractivity contribution in [3.63, 3.8) is 0 Å². The topological polar surface area (TPSA) is 204 Å². The number of fused-ring (bicyclic) bond motifs is 4. The molecule has 72 heavy (non-hydrogen) atoms. The van der Waals surface area contributed by atoms with E-state index in [0.29, 0.717) is 49.9 Å². The van der Waals surface area contributed by atoms with Crippen molar-refractivity contribution in [1.82, 2.24) is 54.5 Å². The van der Waals surface area contributed by atoms with E-state index >= 15 is 0 Å². The number of nitrogens with zero attached hydrogens (tertiary/aromatic N) is 10. The van der Waals surface area contributed by atoms with Gasteiger partial charge in [-0.3, -0.25) is 19.2 Å². The largest absolute Gasteiger partial charge is 0.449 e. The van der Waals surface area contributed by atoms with E-state index in [9.17, 15) is 55.2 Å². The van der Waals surface area contributed by atoms with Gasteiger partial charge in [0.25, 0.3) is 28.9 Å². The molecule has 0 spiro atoms. The number of nitriles is 1. The van der Waals surface area contributed by atoms with Crippen molar-refractivity contribution >= 4 is 33.4 Å². The number of aromatic amines is 2. The molecule has 2 amide bonds. The van der Waals surface area contributed by atoms with Crippen LogP contribution in [0.4, 0.5) is 30.7 Å². The molecule has 8 aromatic rings. The van der Waals surface area contributed by atoms with Gasteiger partial charge in [-0.2, -0.15) is 28.6 Å². The number of H-pyrrole nitrogens is 2. The minimum atomic E-state index is -4.75. The van der Waals surface area contributed by atoms with Crippen molar-refractivity contribution in [1.29, 1.82) is 5.26 Å². The number of halogens is 7. The zero-order chi connectivity index (χ0) is 50.4. The standard InChI is InChI=1S/C24H16F4N6O2.C24H21F3N6O2.CH4/c25-17-6-5-13(10-18-14-3-1-2-4-15(14)21(35)32-31-18)9-16(17)22(36)33-7-8-34-20(12-33)19(11-29)30-23(34)24(26,27)28;1-24(26,27)12-20-29-30-21-13-32(8-9-33(20)21)23(35)17-10-14(6-7-18(17)25)11-19-15-4-2-3-5-16(15)22(34)31-28-19;/h1-6,9H,7-8,10,12H2,(H,32,35);2-7,10H,8-9,11-13H2,1H3,(H,31,34);1H4. The molecular weight excluding hydrogens is 954 g/mol. The fraction of sp³-hybridized carbons (Fsp3) is 0.265. The maximum atomic E-state index is 14.7. The minimum absolute atomic E-state index is 0. The van der Waals surface area contributed by atoms with Crippen LogP contribution in [0.15, 0.2) is 94.5 Å². The highest BCUT2D eigenvalue weighted by Gasteiger charge is 2.41. The quantitative estimate of drug-likeness (QED) is 0.147. The number of imidazole rings is 1. The van der Waals surface area contributed by atoms with Crippen LogP contribution >= 0.6 is 0 Å². The highest BCUT2D eigenvalue weighted by Crippen LogP contribution is 2.33. The Bertz CT molecular complexity index is 3570. The fourth-order valence-electron chi connectivity index (χ4n) is 8.68. The Morgan fingerprint density at radius 2 is 1.17 bits per heavy atom. The van der Waals surface area contributed by atoms with Crippen LogP contribution in [0, 0.1) is 23.0 Å². The molecule has 0 radical (unpaired) electrons. The highest BCUT2D eigenvalue weighted by molar-refractivity contribution is 5.95. The van der Waals surface area contributed by atoms with Gasteiger partial charge in [0.1, 0.15) is 23.5 Å². The Labute approximate surface area is 403 Å². The summed E-state index contributed by atoms with van der Waals surface area (Å²) in [6.07, 6.45) is -4.83. The molecule has 2 N–H and O–H groups in total. The predicted molar refractivity (Wildman–Crippen MR) is 246 cm³/mol. The summed E-state index contributed by atoms with van der Waals surface area (Å²) < 4.78 is 98.5. The lowest BCUT2D eigenvalue weighted by molar-refractivity contribution is -0.147. The summed E-state index contributed by atoms with van der Waals surface area (Å²) in [5, 5.41) is 32.4. The number of benzene rings is 4. The molecule has 0 saturated heterocycles. The Hall–Kier alpha value is -8.55. The molecule has 23 heteroatoms. The van der Waals surface area contributed by atoms with E-state index in [1.807, 2.05) is 0 Å². The summed E-state index contributed by atoms with van der Waals surface area (Å²) in [7, 11) is 0. The minimum Gasteiger partial charge on any atom is -0.331 e. The maximum absolute atomic E-state index is 14.7. The van der Waals surface area contributed by atoms with Crippen LogP contribution in [-0.2, 0) is 51.6 Å². The summed E-state index contributed by atoms with van der Waals surface area (Å²) in [6, 6.07) is 23.8. The predicted octanol–water partition coefficient (Wildman–Crippen LogP) is 7.13. The van der Waals surface area contributed by atoms with Crippen molar-refractivity contribution in [3.05, 3.63) is 180 Å². The number of nitrogens with one attached hydrogen (secondary N) is 2. The summed E-state index contributed by atoms with van der Waals surface area (Å²) in [6.45, 7) is 0.632. The Kier molecular flexibility index (Phi) is 13.6. The molecule has 2 aliphatic rings. The normalized spacial score (nSPS) is 13.4. The number of amides is 2. The molecule has 0 aliphatic carbocycles. The smallest absolute Gasteiger partial charge is 0.331 e. The highest BCUT2D eigenvalue weighted by atomic mass is 19.4. The number of carbonyl (C=O) groups excluding carboxylic acids is 2. The van der Waals surface area contributed by atoms with E-state index in [1.165, 1.54) is 34.1 Å². The second-order valence-corrected chi connectivity index (χ2v) is 16.9. The zero-order valence-corrected chi connectivity index (χ0v) is 37.2. The van der Waals surface area contributed by atoms with E-state index < -0.39 is 53.5 Å². The second-order valence-electron chi connectivity index (χ2n) is 16.9. The molecule has 4 aromatic carbocycles. The fourth-order valence-corrected chi connectivity index (χ4v) is 8.68. The van der Waals surface area contributed by atoms with E-state index in [4.69, 9.17) is 0 Å². The second kappa shape index (κ2) is 19.7. The van der Waals surface area contributed by atoms with Crippen LogP contribution in [-0.4, -0.2) is 85.3 Å². The Morgan fingerprint density at radius 1 is 0.681 bits per heavy atom. The number of carbonyl (C=O) groups is 2. The summed E-state index contributed by atoms with van der Waals surface area (Å²) in [5.41, 5.74) is 0.813. The molecule has 0 saturated carbocycles. The van der Waals surface area contributed by atoms with Gasteiger partial charge in [0.15, 0.2) is 11.5 Å². The number of alkyl halides is 5. The van der Waals surface area contributed by atoms with Crippen LogP contribution in [0.25, 0.3) is 21.5 Å². The van der Waals surface area contributed by atoms with Crippen LogP contribution < -0.4 is 11.1 Å². The van der Waals surface area contributed by atoms with Gasteiger partial charge in [0.05, 0.1) is 58.5 Å². The lowest BCUT2D eigenvalue weighted by Crippen LogP contribution is -2.39. The molecule has 0 unspecified atom stereocenters. The molecule has 10 rings (SSSR count). The van der Waals surface area contributed by atoms with E-state index in [-0.39, 0.29) is 93.3 Å². The van der Waals surface area contributed by atoms with Crippen LogP contribution in [0.2, 0.25) is 0 Å². The first-order valence-electron chi connectivity index (χ1n) is 21.8. The third kappa shape index (κ3) is 10.1. The van der Waals surface area contributed by atoms with E-state index in [2.05, 4.69) is 35.6 Å². The lowest BCUT2D eigenvalue weighted by atomic mass is 10.0. The van der Waals surface area contributed by atoms with Gasteiger partial charge in [0.2, 0.25) is 5.82 Å². The lowest BCUT2D eigenvalue weighted by Gasteiger charge is -2.29. The van der Waals surface area contributed by atoms with Crippen LogP contribution in [0.1, 0.15) is 86.4 Å². The average molecular weight is 995 g/mol. The third-order valence-electron chi connectivity index (χ3n) is 12.1. The summed E-state index contributed by atoms with van der Waals surface area (Å²) >= 11 is 0. The molecule has 6 heterocycles. The molecule has 370 valence electrons. The van der Waals surface area contributed by atoms with Gasteiger partial charge >= 0.3 is 6.18 Å². The summed E-state index contributed by atoms with van der Waals surface area (Å²) in [5.74, 6) is -6.30. The summed E-state index contributed by atoms with van der Waals surface area (Å²) in [4.78, 5) is 56.4. The number of hydrogen-bond acceptors (Lipinski definition) is 10. The SMILES string of the molecule is C.CC(F)(F)Cc1nnc2n1CCN(C(=O)c1cc(Cc3n[nH]c(=O)c4ccccc34)ccc1F)C2.N#Cc1nc(C(F)(F)F)n2c1CN(C(=O)c1cc(Cc3n[nH]c(=O)c4ccccc34)ccc1F)CC2. The van der Waals surface area contributed by atoms with E-state index in [0.717, 1.165) is 17.6 Å². The molecule has 0 bridgehead atoms. The van der Waals surface area contributed by atoms with Crippen molar-refractivity contribution in [2.45, 2.75) is 71.9 Å². The third-order valence-corrected chi connectivity index (χ3v) is 12.1. The van der Waals surface area contributed by atoms with E-state index in [1.54, 1.807) is 65.2 Å². The number of rotatable bonds is 8. The molecule has 4 aromatic heterocycles. The first-order valence-corrected chi connectivity index (χ1v) is 21.8. The molecule has 2 aliphatic heterocycles. The van der Waals surface area contributed by atoms with Crippen molar-refractivity contribution in [3.8, 4) is 6.07 Å². The first kappa shape index (κ1) is 49.9. The maximum Gasteiger partial charge on any atom is 0.449 e. The average Bonchev–Trinajstić information content (AvgIpc) is 3.94. The van der Waals surface area contributed by atoms with Gasteiger partial charge in [-0.25, -0.2) is 32.7 Å². The van der Waals surface area contributed by atoms with Crippen molar-refractivity contribution in [2.24, 2.45) is 0 Å². The van der Waals surface area contributed by atoms with Crippen molar-refractivity contribution in [2.75, 3.05) is 13.1 Å². The number of hydrogen-bond donors (Lipinski definition) is 2. The molecule has 0 fully saturated rings. The van der Waals surface area contributed by atoms with Gasteiger partial charge < -0.3 is 18.9 Å². The van der Waals surface area contributed by atoms with Gasteiger partial charge in [-0.05, 0) is 54.4 Å². The van der Waals surface area contributed by atoms with Crippen molar-refractivity contribution < 1.29 is 40.3 Å². The zero-order valence-electron chi connectivity index (χ0n) is 37.2. The molecule has 16 nitrogen and oxygen atoms in total. The van der Waals surface area contributed by atoms with Crippen LogP contribution in [0.5, 0.6) is 0 Å². The number of aromatic nitrogens is 9. The van der Waals surface area contributed by atoms with Crippen LogP contribution in [0.3, 0.4) is 0 Å². The monoisotopic (exact) mass is 994 g/mol. The van der Waals surface area contributed by atoms with Gasteiger partial charge in [0, 0.05) is 49.8 Å². The first-order chi connectivity index (χ1) is 33.9. The van der Waals surface area contributed by atoms with Gasteiger partial charge in [-0.15, -0.1) is 10.2 Å². The Balaban J connectivity index is 0.000000190.